The van der Waals surface area contributed by atoms with Crippen molar-refractivity contribution in [3.05, 3.63) is 47.5 Å². The maximum Gasteiger partial charge on any atom is 0.131 e. The van der Waals surface area contributed by atoms with Crippen LogP contribution in [0.15, 0.2) is 30.5 Å². The highest BCUT2D eigenvalue weighted by Crippen LogP contribution is 2.39. The molecule has 1 unspecified atom stereocenters. The van der Waals surface area contributed by atoms with Crippen LogP contribution in [0.3, 0.4) is 0 Å². The number of aryl methyl sites for hydroxylation is 1. The molecule has 3 heteroatoms. The summed E-state index contributed by atoms with van der Waals surface area (Å²) in [6, 6.07) is 8.36. The first-order valence-corrected chi connectivity index (χ1v) is 6.84. The van der Waals surface area contributed by atoms with Crippen LogP contribution in [0.25, 0.3) is 11.1 Å². The van der Waals surface area contributed by atoms with Crippen LogP contribution in [0, 0.1) is 6.92 Å². The molecular formula is C16H19N3. The molecule has 0 radical (unpaired) electrons. The fourth-order valence-electron chi connectivity index (χ4n) is 2.25. The maximum absolute atomic E-state index is 6.08. The average Bonchev–Trinajstić information content (AvgIpc) is 3.23. The molecule has 1 aromatic heterocycles. The van der Waals surface area contributed by atoms with E-state index in [1.54, 1.807) is 0 Å². The van der Waals surface area contributed by atoms with Crippen LogP contribution in [-0.4, -0.2) is 9.97 Å². The van der Waals surface area contributed by atoms with E-state index in [0.29, 0.717) is 5.92 Å². The third kappa shape index (κ3) is 2.51. The number of hydrogen-bond donors (Lipinski definition) is 1. The number of aromatic nitrogens is 2. The number of rotatable bonds is 3. The second-order valence-corrected chi connectivity index (χ2v) is 5.46. The second-order valence-electron chi connectivity index (χ2n) is 5.46. The Bertz CT molecular complexity index is 583. The van der Waals surface area contributed by atoms with Crippen molar-refractivity contribution in [2.24, 2.45) is 5.73 Å². The van der Waals surface area contributed by atoms with E-state index in [1.807, 2.05) is 13.1 Å². The van der Waals surface area contributed by atoms with E-state index in [9.17, 15) is 0 Å². The Morgan fingerprint density at radius 2 is 1.89 bits per heavy atom. The zero-order valence-corrected chi connectivity index (χ0v) is 11.4. The van der Waals surface area contributed by atoms with Crippen molar-refractivity contribution in [1.82, 2.24) is 9.97 Å². The smallest absolute Gasteiger partial charge is 0.131 e. The molecule has 3 nitrogen and oxygen atoms in total. The Morgan fingerprint density at radius 1 is 1.21 bits per heavy atom. The lowest BCUT2D eigenvalue weighted by molar-refractivity contribution is 0.756. The van der Waals surface area contributed by atoms with Gasteiger partial charge in [-0.05, 0) is 32.3 Å². The van der Waals surface area contributed by atoms with Crippen LogP contribution in [0.5, 0.6) is 0 Å². The molecule has 1 aliphatic carbocycles. The minimum absolute atomic E-state index is 0.0724. The van der Waals surface area contributed by atoms with Crippen LogP contribution in [-0.2, 0) is 0 Å². The lowest BCUT2D eigenvalue weighted by Crippen LogP contribution is -2.11. The summed E-state index contributed by atoms with van der Waals surface area (Å²) in [6.45, 7) is 4.07. The first-order valence-electron chi connectivity index (χ1n) is 6.84. The van der Waals surface area contributed by atoms with Crippen LogP contribution < -0.4 is 5.73 Å². The fourth-order valence-corrected chi connectivity index (χ4v) is 2.25. The minimum atomic E-state index is -0.0724. The monoisotopic (exact) mass is 253 g/mol. The molecule has 1 aromatic carbocycles. The highest BCUT2D eigenvalue weighted by Gasteiger charge is 2.27. The van der Waals surface area contributed by atoms with Gasteiger partial charge in [0.2, 0.25) is 0 Å². The molecule has 98 valence electrons. The van der Waals surface area contributed by atoms with Crippen molar-refractivity contribution in [2.75, 3.05) is 0 Å². The Labute approximate surface area is 113 Å². The van der Waals surface area contributed by atoms with Crippen molar-refractivity contribution < 1.29 is 0 Å². The predicted molar refractivity (Wildman–Crippen MR) is 76.8 cm³/mol. The Hall–Kier alpha value is -1.74. The molecule has 1 aliphatic rings. The number of nitrogens with zero attached hydrogens (tertiary/aromatic N) is 2. The van der Waals surface area contributed by atoms with Gasteiger partial charge in [-0.3, -0.25) is 0 Å². The normalized spacial score (nSPS) is 16.4. The summed E-state index contributed by atoms with van der Waals surface area (Å²) in [5.74, 6) is 1.52. The van der Waals surface area contributed by atoms with Gasteiger partial charge in [-0.1, -0.05) is 29.8 Å². The number of nitrogens with two attached hydrogens (primary N) is 1. The quantitative estimate of drug-likeness (QED) is 0.912. The molecule has 19 heavy (non-hydrogen) atoms. The highest BCUT2D eigenvalue weighted by molar-refractivity contribution is 5.65. The Kier molecular flexibility index (Phi) is 3.07. The fraction of sp³-hybridized carbons (Fsp3) is 0.375. The molecule has 0 amide bonds. The zero-order valence-electron chi connectivity index (χ0n) is 11.4. The van der Waals surface area contributed by atoms with Gasteiger partial charge in [-0.2, -0.15) is 0 Å². The first-order chi connectivity index (χ1) is 9.15. The molecule has 2 N–H and O–H groups in total. The molecule has 1 fully saturated rings. The summed E-state index contributed by atoms with van der Waals surface area (Å²) >= 11 is 0. The lowest BCUT2D eigenvalue weighted by atomic mass is 10.0. The number of hydrogen-bond acceptors (Lipinski definition) is 3. The van der Waals surface area contributed by atoms with Crippen LogP contribution in [0.1, 0.15) is 48.8 Å². The van der Waals surface area contributed by atoms with Gasteiger partial charge in [0.25, 0.3) is 0 Å². The zero-order chi connectivity index (χ0) is 13.4. The van der Waals surface area contributed by atoms with Crippen molar-refractivity contribution >= 4 is 0 Å². The predicted octanol–water partition coefficient (Wildman–Crippen LogP) is 3.35. The number of benzene rings is 1. The second kappa shape index (κ2) is 4.74. The first kappa shape index (κ1) is 12.3. The van der Waals surface area contributed by atoms with E-state index in [2.05, 4.69) is 36.2 Å². The molecule has 0 bridgehead atoms. The maximum atomic E-state index is 6.08. The molecule has 1 heterocycles. The van der Waals surface area contributed by atoms with Crippen molar-refractivity contribution in [2.45, 2.75) is 38.6 Å². The summed E-state index contributed by atoms with van der Waals surface area (Å²) in [5, 5.41) is 0. The average molecular weight is 253 g/mol. The molecule has 0 aliphatic heterocycles. The van der Waals surface area contributed by atoms with Gasteiger partial charge in [-0.25, -0.2) is 9.97 Å². The van der Waals surface area contributed by atoms with Crippen molar-refractivity contribution in [3.8, 4) is 11.1 Å². The minimum Gasteiger partial charge on any atom is -0.323 e. The topological polar surface area (TPSA) is 51.8 Å². The molecular weight excluding hydrogens is 234 g/mol. The molecule has 1 atom stereocenters. The van der Waals surface area contributed by atoms with Gasteiger partial charge in [0.15, 0.2) is 0 Å². The lowest BCUT2D eigenvalue weighted by Gasteiger charge is -2.13. The molecule has 0 spiro atoms. The molecule has 1 saturated carbocycles. The Morgan fingerprint density at radius 3 is 2.47 bits per heavy atom. The summed E-state index contributed by atoms with van der Waals surface area (Å²) < 4.78 is 0. The van der Waals surface area contributed by atoms with Crippen LogP contribution in [0.2, 0.25) is 0 Å². The SMILES string of the molecule is Cc1ccc(-c2cnc(C3CC3)nc2C(C)N)cc1. The van der Waals surface area contributed by atoms with E-state index in [4.69, 9.17) is 10.7 Å². The molecule has 3 rings (SSSR count). The standard InChI is InChI=1S/C16H19N3/c1-10-3-5-12(6-4-10)14-9-18-16(13-7-8-13)19-15(14)11(2)17/h3-6,9,11,13H,7-8,17H2,1-2H3. The van der Waals surface area contributed by atoms with Gasteiger partial charge in [0, 0.05) is 23.7 Å². The summed E-state index contributed by atoms with van der Waals surface area (Å²) in [7, 11) is 0. The molecule has 0 saturated heterocycles. The Balaban J connectivity index is 2.06. The largest absolute Gasteiger partial charge is 0.323 e. The van der Waals surface area contributed by atoms with Gasteiger partial charge in [0.05, 0.1) is 5.69 Å². The van der Waals surface area contributed by atoms with Gasteiger partial charge in [-0.15, -0.1) is 0 Å². The molecule has 2 aromatic rings. The van der Waals surface area contributed by atoms with E-state index >= 15 is 0 Å². The van der Waals surface area contributed by atoms with Gasteiger partial charge in [0.1, 0.15) is 5.82 Å². The van der Waals surface area contributed by atoms with Gasteiger partial charge >= 0.3 is 0 Å². The third-order valence-electron chi connectivity index (χ3n) is 3.57. The third-order valence-corrected chi connectivity index (χ3v) is 3.57. The van der Waals surface area contributed by atoms with E-state index < -0.39 is 0 Å². The summed E-state index contributed by atoms with van der Waals surface area (Å²) in [4.78, 5) is 9.21. The van der Waals surface area contributed by atoms with Crippen molar-refractivity contribution in [1.29, 1.82) is 0 Å². The van der Waals surface area contributed by atoms with E-state index in [-0.39, 0.29) is 6.04 Å². The van der Waals surface area contributed by atoms with E-state index in [0.717, 1.165) is 22.6 Å². The van der Waals surface area contributed by atoms with Crippen LogP contribution >= 0.6 is 0 Å². The van der Waals surface area contributed by atoms with E-state index in [1.165, 1.54) is 18.4 Å². The summed E-state index contributed by atoms with van der Waals surface area (Å²) in [5.41, 5.74) is 10.5. The highest BCUT2D eigenvalue weighted by atomic mass is 14.9. The van der Waals surface area contributed by atoms with Gasteiger partial charge < -0.3 is 5.73 Å². The summed E-state index contributed by atoms with van der Waals surface area (Å²) in [6.07, 6.45) is 4.36. The van der Waals surface area contributed by atoms with Crippen LogP contribution in [0.4, 0.5) is 0 Å². The van der Waals surface area contributed by atoms with Crippen molar-refractivity contribution in [3.63, 3.8) is 0 Å².